The summed E-state index contributed by atoms with van der Waals surface area (Å²) in [5.74, 6) is 1.99. The van der Waals surface area contributed by atoms with Crippen molar-refractivity contribution in [3.63, 3.8) is 0 Å². The van der Waals surface area contributed by atoms with Gasteiger partial charge in [-0.25, -0.2) is 4.68 Å². The number of aryl methyl sites for hydroxylation is 2. The molecule has 0 saturated heterocycles. The van der Waals surface area contributed by atoms with E-state index < -0.39 is 6.10 Å². The lowest BCUT2D eigenvalue weighted by atomic mass is 10.1. The lowest BCUT2D eigenvalue weighted by molar-refractivity contribution is 0.00541. The normalized spacial score (nSPS) is 14.7. The van der Waals surface area contributed by atoms with Crippen molar-refractivity contribution in [3.8, 4) is 22.9 Å². The number of aliphatic hydroxyl groups is 1. The average molecular weight is 464 g/mol. The van der Waals surface area contributed by atoms with Gasteiger partial charge in [-0.2, -0.15) is 5.10 Å². The summed E-state index contributed by atoms with van der Waals surface area (Å²) in [7, 11) is 1.93. The topological polar surface area (TPSA) is 59.8 Å². The van der Waals surface area contributed by atoms with Crippen molar-refractivity contribution in [2.45, 2.75) is 52.3 Å². The van der Waals surface area contributed by atoms with Crippen molar-refractivity contribution < 1.29 is 14.6 Å². The van der Waals surface area contributed by atoms with E-state index in [1.165, 1.54) is 0 Å². The zero-order valence-electron chi connectivity index (χ0n) is 20.8. The average Bonchev–Trinajstić information content (AvgIpc) is 3.60. The molecule has 34 heavy (non-hydrogen) atoms. The van der Waals surface area contributed by atoms with Crippen molar-refractivity contribution >= 4 is 0 Å². The second-order valence-electron chi connectivity index (χ2n) is 9.79. The van der Waals surface area contributed by atoms with Gasteiger partial charge in [0.25, 0.3) is 0 Å². The van der Waals surface area contributed by atoms with Crippen LogP contribution in [0.1, 0.15) is 37.8 Å². The molecule has 1 fully saturated rings. The summed E-state index contributed by atoms with van der Waals surface area (Å²) in [6, 6.07) is 18.8. The quantitative estimate of drug-likeness (QED) is 0.401. The molecule has 1 aliphatic carbocycles. The van der Waals surface area contributed by atoms with Gasteiger partial charge < -0.3 is 14.6 Å². The zero-order valence-corrected chi connectivity index (χ0v) is 20.8. The molecule has 0 unspecified atom stereocenters. The molecule has 4 rings (SSSR count). The Hall–Kier alpha value is -2.67. The van der Waals surface area contributed by atoms with Crippen LogP contribution in [0.25, 0.3) is 11.3 Å². The maximum Gasteiger partial charge on any atom is 0.222 e. The van der Waals surface area contributed by atoms with E-state index in [-0.39, 0.29) is 0 Å². The predicted molar refractivity (Wildman–Crippen MR) is 135 cm³/mol. The Kier molecular flexibility index (Phi) is 8.03. The van der Waals surface area contributed by atoms with Crippen molar-refractivity contribution in [2.75, 3.05) is 19.8 Å². The molecule has 0 aliphatic heterocycles. The van der Waals surface area contributed by atoms with Gasteiger partial charge >= 0.3 is 0 Å². The van der Waals surface area contributed by atoms with E-state index in [1.807, 2.05) is 48.1 Å². The fourth-order valence-electron chi connectivity index (χ4n) is 4.19. The van der Waals surface area contributed by atoms with Crippen LogP contribution in [0.2, 0.25) is 0 Å². The Balaban J connectivity index is 1.61. The highest BCUT2D eigenvalue weighted by Crippen LogP contribution is 2.37. The van der Waals surface area contributed by atoms with Crippen LogP contribution in [0.15, 0.2) is 54.6 Å². The van der Waals surface area contributed by atoms with Crippen LogP contribution < -0.4 is 4.74 Å². The number of nitrogens with zero attached hydrogens (tertiary/aromatic N) is 3. The summed E-state index contributed by atoms with van der Waals surface area (Å²) in [4.78, 5) is 2.36. The first kappa shape index (κ1) is 24.5. The van der Waals surface area contributed by atoms with E-state index >= 15 is 0 Å². The Morgan fingerprint density at radius 2 is 1.85 bits per heavy atom. The molecule has 0 spiro atoms. The Morgan fingerprint density at radius 1 is 1.09 bits per heavy atom. The fourth-order valence-corrected chi connectivity index (χ4v) is 4.19. The van der Waals surface area contributed by atoms with Gasteiger partial charge in [-0.3, -0.25) is 4.90 Å². The van der Waals surface area contributed by atoms with Crippen LogP contribution in [-0.4, -0.2) is 51.7 Å². The van der Waals surface area contributed by atoms with E-state index in [9.17, 15) is 5.11 Å². The van der Waals surface area contributed by atoms with Crippen molar-refractivity contribution in [1.82, 2.24) is 14.7 Å². The van der Waals surface area contributed by atoms with Gasteiger partial charge in [-0.1, -0.05) is 56.3 Å². The highest BCUT2D eigenvalue weighted by atomic mass is 16.5. The third-order valence-corrected chi connectivity index (χ3v) is 5.97. The molecule has 1 atom stereocenters. The summed E-state index contributed by atoms with van der Waals surface area (Å²) in [5.41, 5.74) is 4.16. The molecule has 1 saturated carbocycles. The number of hydrogen-bond acceptors (Lipinski definition) is 5. The van der Waals surface area contributed by atoms with Gasteiger partial charge in [0.15, 0.2) is 0 Å². The van der Waals surface area contributed by atoms with E-state index in [4.69, 9.17) is 14.6 Å². The predicted octanol–water partition coefficient (Wildman–Crippen LogP) is 5.19. The Bertz CT molecular complexity index is 1060. The van der Waals surface area contributed by atoms with Crippen LogP contribution >= 0.6 is 0 Å². The molecule has 2 aromatic carbocycles. The van der Waals surface area contributed by atoms with Gasteiger partial charge in [-0.05, 0) is 43.4 Å². The molecule has 1 aliphatic rings. The molecule has 0 radical (unpaired) electrons. The number of aliphatic hydroxyl groups excluding tert-OH is 1. The lowest BCUT2D eigenvalue weighted by Gasteiger charge is -2.25. The van der Waals surface area contributed by atoms with Crippen LogP contribution in [0, 0.1) is 12.8 Å². The SMILES string of the molecule is Cc1cccc(Oc2c(CN(C[C@@H](O)COCC(C)C)C3CC3)c(-c3ccccc3)nn2C)c1. The largest absolute Gasteiger partial charge is 0.439 e. The van der Waals surface area contributed by atoms with E-state index in [2.05, 4.69) is 43.9 Å². The smallest absolute Gasteiger partial charge is 0.222 e. The van der Waals surface area contributed by atoms with Gasteiger partial charge in [0.05, 0.1) is 18.3 Å². The first-order valence-electron chi connectivity index (χ1n) is 12.3. The fraction of sp³-hybridized carbons (Fsp3) is 0.464. The zero-order chi connectivity index (χ0) is 24.1. The van der Waals surface area contributed by atoms with Crippen LogP contribution in [-0.2, 0) is 18.3 Å². The highest BCUT2D eigenvalue weighted by Gasteiger charge is 2.33. The molecule has 1 N–H and O–H groups in total. The standard InChI is InChI=1S/C28H37N3O3/c1-20(2)18-33-19-24(32)16-31(23-13-14-23)17-26-27(22-10-6-5-7-11-22)29-30(4)28(26)34-25-12-8-9-21(3)15-25/h5-12,15,20,23-24,32H,13-14,16-19H2,1-4H3/t24-/m1/s1. The highest BCUT2D eigenvalue weighted by molar-refractivity contribution is 5.65. The molecule has 1 aromatic heterocycles. The maximum absolute atomic E-state index is 10.7. The molecule has 3 aromatic rings. The van der Waals surface area contributed by atoms with Crippen molar-refractivity contribution in [3.05, 3.63) is 65.7 Å². The molecule has 0 bridgehead atoms. The monoisotopic (exact) mass is 463 g/mol. The molecular formula is C28H37N3O3. The Morgan fingerprint density at radius 3 is 2.53 bits per heavy atom. The van der Waals surface area contributed by atoms with Gasteiger partial charge in [-0.15, -0.1) is 0 Å². The third-order valence-electron chi connectivity index (χ3n) is 5.97. The van der Waals surface area contributed by atoms with E-state index in [1.54, 1.807) is 0 Å². The minimum Gasteiger partial charge on any atom is -0.439 e. The van der Waals surface area contributed by atoms with Gasteiger partial charge in [0.2, 0.25) is 5.88 Å². The molecule has 6 heteroatoms. The Labute approximate surface area is 203 Å². The van der Waals surface area contributed by atoms with Crippen LogP contribution in [0.4, 0.5) is 0 Å². The lowest BCUT2D eigenvalue weighted by Crippen LogP contribution is -2.36. The first-order chi connectivity index (χ1) is 16.4. The summed E-state index contributed by atoms with van der Waals surface area (Å²) < 4.78 is 13.9. The number of aromatic nitrogens is 2. The first-order valence-corrected chi connectivity index (χ1v) is 12.3. The number of ether oxygens (including phenoxy) is 2. The van der Waals surface area contributed by atoms with Crippen molar-refractivity contribution in [1.29, 1.82) is 0 Å². The molecule has 182 valence electrons. The second-order valence-corrected chi connectivity index (χ2v) is 9.79. The third kappa shape index (κ3) is 6.47. The number of hydrogen-bond donors (Lipinski definition) is 1. The van der Waals surface area contributed by atoms with E-state index in [0.717, 1.165) is 46.9 Å². The van der Waals surface area contributed by atoms with Crippen LogP contribution in [0.3, 0.4) is 0 Å². The molecular weight excluding hydrogens is 426 g/mol. The molecule has 1 heterocycles. The number of benzene rings is 2. The summed E-state index contributed by atoms with van der Waals surface area (Å²) in [5, 5.41) is 15.6. The minimum absolute atomic E-state index is 0.354. The summed E-state index contributed by atoms with van der Waals surface area (Å²) in [6.45, 7) is 8.53. The molecule has 0 amide bonds. The summed E-state index contributed by atoms with van der Waals surface area (Å²) in [6.07, 6.45) is 1.76. The van der Waals surface area contributed by atoms with E-state index in [0.29, 0.717) is 38.3 Å². The summed E-state index contributed by atoms with van der Waals surface area (Å²) >= 11 is 0. The van der Waals surface area contributed by atoms with Gasteiger partial charge in [0, 0.05) is 38.3 Å². The minimum atomic E-state index is -0.530. The number of rotatable bonds is 12. The molecule has 6 nitrogen and oxygen atoms in total. The van der Waals surface area contributed by atoms with Crippen molar-refractivity contribution in [2.24, 2.45) is 13.0 Å². The van der Waals surface area contributed by atoms with Crippen LogP contribution in [0.5, 0.6) is 11.6 Å². The second kappa shape index (κ2) is 11.2. The van der Waals surface area contributed by atoms with Gasteiger partial charge in [0.1, 0.15) is 11.4 Å². The maximum atomic E-state index is 10.7.